The van der Waals surface area contributed by atoms with E-state index in [1.807, 2.05) is 29.5 Å². The van der Waals surface area contributed by atoms with Gasteiger partial charge in [0.2, 0.25) is 0 Å². The van der Waals surface area contributed by atoms with Crippen molar-refractivity contribution in [2.45, 2.75) is 18.9 Å². The van der Waals surface area contributed by atoms with Gasteiger partial charge in [-0.25, -0.2) is 0 Å². The summed E-state index contributed by atoms with van der Waals surface area (Å²) in [5.41, 5.74) is 0. The second-order valence-electron chi connectivity index (χ2n) is 3.96. The summed E-state index contributed by atoms with van der Waals surface area (Å²) in [7, 11) is 1.88. The fourth-order valence-electron chi connectivity index (χ4n) is 1.91. The number of rotatable bonds is 3. The zero-order valence-electron chi connectivity index (χ0n) is 8.90. The van der Waals surface area contributed by atoms with E-state index in [9.17, 15) is 4.79 Å². The number of thiophene rings is 1. The first-order chi connectivity index (χ1) is 7.27. The Balaban J connectivity index is 1.90. The van der Waals surface area contributed by atoms with Crippen LogP contribution in [0, 0.1) is 0 Å². The van der Waals surface area contributed by atoms with E-state index in [0.29, 0.717) is 6.04 Å². The van der Waals surface area contributed by atoms with Crippen LogP contribution in [0.3, 0.4) is 0 Å². The maximum Gasteiger partial charge on any atom is 0.263 e. The van der Waals surface area contributed by atoms with Gasteiger partial charge in [0.15, 0.2) is 0 Å². The average Bonchev–Trinajstić information content (AvgIpc) is 2.88. The number of hydrogen-bond donors (Lipinski definition) is 1. The van der Waals surface area contributed by atoms with Crippen molar-refractivity contribution < 1.29 is 4.79 Å². The molecule has 1 aliphatic rings. The van der Waals surface area contributed by atoms with E-state index in [1.165, 1.54) is 24.2 Å². The maximum atomic E-state index is 11.9. The molecule has 1 aliphatic heterocycles. The molecular formula is C11H16N2OS. The minimum atomic E-state index is 0.138. The molecule has 0 saturated carbocycles. The average molecular weight is 224 g/mol. The van der Waals surface area contributed by atoms with Crippen molar-refractivity contribution >= 4 is 17.2 Å². The summed E-state index contributed by atoms with van der Waals surface area (Å²) in [6.45, 7) is 1.91. The molecule has 1 aromatic heterocycles. The van der Waals surface area contributed by atoms with Gasteiger partial charge in [-0.05, 0) is 30.8 Å². The third-order valence-electron chi connectivity index (χ3n) is 2.74. The van der Waals surface area contributed by atoms with Gasteiger partial charge in [0.25, 0.3) is 5.91 Å². The summed E-state index contributed by atoms with van der Waals surface area (Å²) in [6.07, 6.45) is 2.41. The predicted octanol–water partition coefficient (Wildman–Crippen LogP) is 1.57. The molecule has 1 amide bonds. The summed E-state index contributed by atoms with van der Waals surface area (Å²) in [5.74, 6) is 0.138. The molecule has 0 bridgehead atoms. The largest absolute Gasteiger partial charge is 0.339 e. The Labute approximate surface area is 94.1 Å². The molecule has 1 aromatic rings. The summed E-state index contributed by atoms with van der Waals surface area (Å²) < 4.78 is 0. The molecule has 2 heterocycles. The Morgan fingerprint density at radius 1 is 1.73 bits per heavy atom. The lowest BCUT2D eigenvalue weighted by Crippen LogP contribution is -2.38. The smallest absolute Gasteiger partial charge is 0.263 e. The first-order valence-electron chi connectivity index (χ1n) is 5.30. The van der Waals surface area contributed by atoms with Gasteiger partial charge >= 0.3 is 0 Å². The van der Waals surface area contributed by atoms with Gasteiger partial charge in [0.05, 0.1) is 4.88 Å². The van der Waals surface area contributed by atoms with Crippen LogP contribution in [-0.2, 0) is 0 Å². The number of nitrogens with one attached hydrogen (secondary N) is 1. The van der Waals surface area contributed by atoms with Gasteiger partial charge in [0.1, 0.15) is 0 Å². The summed E-state index contributed by atoms with van der Waals surface area (Å²) in [5, 5.41) is 5.34. The highest BCUT2D eigenvalue weighted by Crippen LogP contribution is 2.13. The van der Waals surface area contributed by atoms with Crippen LogP contribution in [0.25, 0.3) is 0 Å². The van der Waals surface area contributed by atoms with E-state index in [-0.39, 0.29) is 5.91 Å². The van der Waals surface area contributed by atoms with Crippen molar-refractivity contribution in [3.63, 3.8) is 0 Å². The molecule has 3 nitrogen and oxygen atoms in total. The minimum absolute atomic E-state index is 0.138. The lowest BCUT2D eigenvalue weighted by Gasteiger charge is -2.20. The number of carbonyl (C=O) groups is 1. The predicted molar refractivity (Wildman–Crippen MR) is 62.3 cm³/mol. The highest BCUT2D eigenvalue weighted by Gasteiger charge is 2.19. The Hall–Kier alpha value is -0.870. The molecule has 0 spiro atoms. The number of likely N-dealkylation sites (N-methyl/N-ethyl adjacent to an activating group) is 1. The third kappa shape index (κ3) is 2.58. The molecule has 0 radical (unpaired) electrons. The SMILES string of the molecule is CN(C[C@@H]1CCCN1)C(=O)c1cccs1. The molecule has 4 heteroatoms. The highest BCUT2D eigenvalue weighted by atomic mass is 32.1. The quantitative estimate of drug-likeness (QED) is 0.845. The topological polar surface area (TPSA) is 32.3 Å². The summed E-state index contributed by atoms with van der Waals surface area (Å²) in [6, 6.07) is 4.28. The van der Waals surface area contributed by atoms with Crippen LogP contribution < -0.4 is 5.32 Å². The number of carbonyl (C=O) groups excluding carboxylic acids is 1. The van der Waals surface area contributed by atoms with Gasteiger partial charge in [-0.2, -0.15) is 0 Å². The Bertz CT molecular complexity index is 317. The summed E-state index contributed by atoms with van der Waals surface area (Å²) in [4.78, 5) is 14.5. The molecule has 1 fully saturated rings. The molecule has 15 heavy (non-hydrogen) atoms. The molecule has 1 N–H and O–H groups in total. The molecule has 0 aliphatic carbocycles. The van der Waals surface area contributed by atoms with Gasteiger partial charge < -0.3 is 10.2 Å². The maximum absolute atomic E-state index is 11.9. The Morgan fingerprint density at radius 3 is 3.20 bits per heavy atom. The molecular weight excluding hydrogens is 208 g/mol. The van der Waals surface area contributed by atoms with Crippen LogP contribution >= 0.6 is 11.3 Å². The minimum Gasteiger partial charge on any atom is -0.339 e. The van der Waals surface area contributed by atoms with E-state index in [1.54, 1.807) is 0 Å². The van der Waals surface area contributed by atoms with E-state index >= 15 is 0 Å². The van der Waals surface area contributed by atoms with Crippen molar-refractivity contribution in [1.29, 1.82) is 0 Å². The molecule has 82 valence electrons. The fourth-order valence-corrected chi connectivity index (χ4v) is 2.63. The van der Waals surface area contributed by atoms with E-state index < -0.39 is 0 Å². The lowest BCUT2D eigenvalue weighted by molar-refractivity contribution is 0.0788. The lowest BCUT2D eigenvalue weighted by atomic mass is 10.2. The van der Waals surface area contributed by atoms with Gasteiger partial charge in [-0.1, -0.05) is 6.07 Å². The van der Waals surface area contributed by atoms with Crippen molar-refractivity contribution in [2.24, 2.45) is 0 Å². The number of nitrogens with zero attached hydrogens (tertiary/aromatic N) is 1. The zero-order valence-corrected chi connectivity index (χ0v) is 9.72. The number of hydrogen-bond acceptors (Lipinski definition) is 3. The van der Waals surface area contributed by atoms with Crippen molar-refractivity contribution in [2.75, 3.05) is 20.1 Å². The van der Waals surface area contributed by atoms with Crippen LogP contribution in [0.5, 0.6) is 0 Å². The molecule has 0 unspecified atom stereocenters. The Kier molecular flexibility index (Phi) is 3.38. The van der Waals surface area contributed by atoms with Crippen LogP contribution in [0.1, 0.15) is 22.5 Å². The van der Waals surface area contributed by atoms with E-state index in [2.05, 4.69) is 5.32 Å². The molecule has 1 atom stereocenters. The first-order valence-corrected chi connectivity index (χ1v) is 6.17. The fraction of sp³-hybridized carbons (Fsp3) is 0.545. The van der Waals surface area contributed by atoms with Gasteiger partial charge in [-0.15, -0.1) is 11.3 Å². The normalized spacial score (nSPS) is 20.5. The second kappa shape index (κ2) is 4.77. The van der Waals surface area contributed by atoms with Crippen LogP contribution in [0.2, 0.25) is 0 Å². The van der Waals surface area contributed by atoms with E-state index in [0.717, 1.165) is 18.0 Å². The molecule has 1 saturated heterocycles. The molecule has 2 rings (SSSR count). The Morgan fingerprint density at radius 2 is 2.60 bits per heavy atom. The van der Waals surface area contributed by atoms with Crippen molar-refractivity contribution in [3.8, 4) is 0 Å². The van der Waals surface area contributed by atoms with Crippen molar-refractivity contribution in [1.82, 2.24) is 10.2 Å². The van der Waals surface area contributed by atoms with Gasteiger partial charge in [-0.3, -0.25) is 4.79 Å². The van der Waals surface area contributed by atoms with Crippen LogP contribution in [0.4, 0.5) is 0 Å². The second-order valence-corrected chi connectivity index (χ2v) is 4.90. The zero-order chi connectivity index (χ0) is 10.7. The highest BCUT2D eigenvalue weighted by molar-refractivity contribution is 7.12. The summed E-state index contributed by atoms with van der Waals surface area (Å²) >= 11 is 1.51. The van der Waals surface area contributed by atoms with Crippen LogP contribution in [0.15, 0.2) is 17.5 Å². The van der Waals surface area contributed by atoms with Gasteiger partial charge in [0, 0.05) is 19.6 Å². The first kappa shape index (κ1) is 10.6. The van der Waals surface area contributed by atoms with Crippen LogP contribution in [-0.4, -0.2) is 37.0 Å². The monoisotopic (exact) mass is 224 g/mol. The standard InChI is InChI=1S/C11H16N2OS/c1-13(8-9-4-2-6-12-9)11(14)10-5-3-7-15-10/h3,5,7,9,12H,2,4,6,8H2,1H3/t9-/m0/s1. The molecule has 0 aromatic carbocycles. The third-order valence-corrected chi connectivity index (χ3v) is 3.59. The number of amides is 1. The van der Waals surface area contributed by atoms with Crippen molar-refractivity contribution in [3.05, 3.63) is 22.4 Å². The van der Waals surface area contributed by atoms with E-state index in [4.69, 9.17) is 0 Å².